The van der Waals surface area contributed by atoms with Gasteiger partial charge in [-0.1, -0.05) is 23.7 Å². The zero-order valence-corrected chi connectivity index (χ0v) is 20.7. The minimum absolute atomic E-state index is 0.114. The third-order valence-corrected chi connectivity index (χ3v) is 6.66. The van der Waals surface area contributed by atoms with Gasteiger partial charge in [-0.05, 0) is 74.3 Å². The molecule has 2 aromatic carbocycles. The number of benzene rings is 2. The largest absolute Gasteiger partial charge is 0.491 e. The Morgan fingerprint density at radius 3 is 2.72 bits per heavy atom. The van der Waals surface area contributed by atoms with E-state index in [0.29, 0.717) is 28.3 Å². The van der Waals surface area contributed by atoms with Crippen LogP contribution in [0.25, 0.3) is 11.0 Å². The van der Waals surface area contributed by atoms with Crippen molar-refractivity contribution in [2.24, 2.45) is 5.73 Å². The number of aliphatic hydroxyl groups is 1. The highest BCUT2D eigenvalue weighted by Crippen LogP contribution is 2.34. The standard InChI is InChI=1S/C26H30ClF2N3O4/c1-16-4-5-17(13-22(16)35-11-10-33)24(30)20(15-32-8-2-3-9-32)31-25(34)26(28,29)23-14-18-12-19(27)6-7-21(18)36-23/h4-7,12-14,20,24,33H,2-3,8-11,15,30H2,1H3,(H,31,34)/t20-,24-/m1/s1. The van der Waals surface area contributed by atoms with Crippen molar-refractivity contribution in [2.75, 3.05) is 32.8 Å². The van der Waals surface area contributed by atoms with E-state index in [1.165, 1.54) is 18.2 Å². The summed E-state index contributed by atoms with van der Waals surface area (Å²) in [6.07, 6.45) is 1.99. The van der Waals surface area contributed by atoms with Gasteiger partial charge in [0.2, 0.25) is 0 Å². The van der Waals surface area contributed by atoms with Crippen molar-refractivity contribution in [3.63, 3.8) is 0 Å². The molecule has 194 valence electrons. The van der Waals surface area contributed by atoms with Crippen LogP contribution in [0.3, 0.4) is 0 Å². The Morgan fingerprint density at radius 2 is 2.00 bits per heavy atom. The Morgan fingerprint density at radius 1 is 1.25 bits per heavy atom. The lowest BCUT2D eigenvalue weighted by Crippen LogP contribution is -2.52. The van der Waals surface area contributed by atoms with Crippen molar-refractivity contribution >= 4 is 28.5 Å². The number of likely N-dealkylation sites (tertiary alicyclic amines) is 1. The molecule has 0 radical (unpaired) electrons. The predicted octanol–water partition coefficient (Wildman–Crippen LogP) is 4.14. The van der Waals surface area contributed by atoms with Gasteiger partial charge in [-0.25, -0.2) is 0 Å². The van der Waals surface area contributed by atoms with E-state index in [0.717, 1.165) is 37.6 Å². The highest BCUT2D eigenvalue weighted by molar-refractivity contribution is 6.31. The molecule has 1 aliphatic heterocycles. The molecular weight excluding hydrogens is 492 g/mol. The summed E-state index contributed by atoms with van der Waals surface area (Å²) < 4.78 is 41.4. The van der Waals surface area contributed by atoms with Crippen molar-refractivity contribution in [3.8, 4) is 5.75 Å². The van der Waals surface area contributed by atoms with Crippen LogP contribution in [0.5, 0.6) is 5.75 Å². The van der Waals surface area contributed by atoms with Gasteiger partial charge in [0.05, 0.1) is 18.7 Å². The van der Waals surface area contributed by atoms with Crippen molar-refractivity contribution in [2.45, 2.75) is 37.8 Å². The molecule has 2 heterocycles. The summed E-state index contributed by atoms with van der Waals surface area (Å²) in [5.74, 6) is -5.64. The molecule has 2 atom stereocenters. The maximum atomic E-state index is 15.2. The molecule has 1 aromatic heterocycles. The molecule has 7 nitrogen and oxygen atoms in total. The molecule has 4 N–H and O–H groups in total. The second-order valence-electron chi connectivity index (χ2n) is 9.08. The van der Waals surface area contributed by atoms with Gasteiger partial charge in [-0.15, -0.1) is 0 Å². The molecule has 0 saturated carbocycles. The van der Waals surface area contributed by atoms with Gasteiger partial charge in [0.1, 0.15) is 17.9 Å². The van der Waals surface area contributed by atoms with Crippen molar-refractivity contribution in [1.29, 1.82) is 0 Å². The van der Waals surface area contributed by atoms with Gasteiger partial charge in [-0.2, -0.15) is 8.78 Å². The number of amides is 1. The molecule has 1 aliphatic rings. The van der Waals surface area contributed by atoms with E-state index < -0.39 is 29.7 Å². The first-order valence-corrected chi connectivity index (χ1v) is 12.3. The fraction of sp³-hybridized carbons (Fsp3) is 0.423. The Labute approximate surface area is 213 Å². The average molecular weight is 522 g/mol. The molecule has 0 unspecified atom stereocenters. The minimum Gasteiger partial charge on any atom is -0.491 e. The van der Waals surface area contributed by atoms with Gasteiger partial charge in [0.15, 0.2) is 5.76 Å². The number of aryl methyl sites for hydroxylation is 1. The average Bonchev–Trinajstić information content (AvgIpc) is 3.52. The molecule has 1 fully saturated rings. The molecule has 1 amide bonds. The van der Waals surface area contributed by atoms with Gasteiger partial charge in [0, 0.05) is 17.0 Å². The third-order valence-electron chi connectivity index (χ3n) is 6.42. The van der Waals surface area contributed by atoms with Crippen molar-refractivity contribution < 1.29 is 27.8 Å². The fourth-order valence-electron chi connectivity index (χ4n) is 4.40. The topological polar surface area (TPSA) is 101 Å². The maximum absolute atomic E-state index is 15.2. The molecule has 4 rings (SSSR count). The lowest BCUT2D eigenvalue weighted by atomic mass is 9.97. The Bertz CT molecular complexity index is 1210. The summed E-state index contributed by atoms with van der Waals surface area (Å²) in [6.45, 7) is 3.75. The molecule has 3 aromatic rings. The highest BCUT2D eigenvalue weighted by Gasteiger charge is 2.46. The van der Waals surface area contributed by atoms with Gasteiger partial charge in [0.25, 0.3) is 5.91 Å². The zero-order valence-electron chi connectivity index (χ0n) is 20.0. The van der Waals surface area contributed by atoms with Crippen LogP contribution in [0, 0.1) is 6.92 Å². The Kier molecular flexibility index (Phi) is 8.14. The number of rotatable bonds is 10. The van der Waals surface area contributed by atoms with E-state index in [1.54, 1.807) is 12.1 Å². The highest BCUT2D eigenvalue weighted by atomic mass is 35.5. The van der Waals surface area contributed by atoms with E-state index in [-0.39, 0.29) is 18.8 Å². The van der Waals surface area contributed by atoms with Crippen LogP contribution in [-0.4, -0.2) is 54.8 Å². The first-order valence-electron chi connectivity index (χ1n) is 11.9. The van der Waals surface area contributed by atoms with E-state index >= 15 is 8.78 Å². The number of carbonyl (C=O) groups is 1. The number of hydrogen-bond donors (Lipinski definition) is 3. The lowest BCUT2D eigenvalue weighted by Gasteiger charge is -2.30. The summed E-state index contributed by atoms with van der Waals surface area (Å²) in [7, 11) is 0. The van der Waals surface area contributed by atoms with Crippen LogP contribution in [0.15, 0.2) is 46.9 Å². The summed E-state index contributed by atoms with van der Waals surface area (Å²) in [5.41, 5.74) is 8.22. The molecule has 0 aliphatic carbocycles. The quantitative estimate of drug-likeness (QED) is 0.371. The van der Waals surface area contributed by atoms with Crippen LogP contribution in [0.1, 0.15) is 35.8 Å². The fourth-order valence-corrected chi connectivity index (χ4v) is 4.58. The molecule has 10 heteroatoms. The van der Waals surface area contributed by atoms with Gasteiger partial charge >= 0.3 is 5.92 Å². The number of halogens is 3. The molecule has 0 bridgehead atoms. The van der Waals surface area contributed by atoms with Crippen LogP contribution in [0.2, 0.25) is 5.02 Å². The van der Waals surface area contributed by atoms with Gasteiger partial charge in [-0.3, -0.25) is 4.79 Å². The van der Waals surface area contributed by atoms with Crippen molar-refractivity contribution in [3.05, 3.63) is 64.4 Å². The second-order valence-corrected chi connectivity index (χ2v) is 9.51. The van der Waals surface area contributed by atoms with Crippen molar-refractivity contribution in [1.82, 2.24) is 10.2 Å². The summed E-state index contributed by atoms with van der Waals surface area (Å²) in [5, 5.41) is 12.3. The minimum atomic E-state index is -3.92. The summed E-state index contributed by atoms with van der Waals surface area (Å²) >= 11 is 5.95. The van der Waals surface area contributed by atoms with Gasteiger partial charge < -0.3 is 30.2 Å². The first kappa shape index (κ1) is 26.3. The molecular formula is C26H30ClF2N3O4. The second kappa shape index (κ2) is 11.1. The number of hydrogen-bond acceptors (Lipinski definition) is 6. The number of nitrogens with zero attached hydrogens (tertiary/aromatic N) is 1. The maximum Gasteiger partial charge on any atom is 0.380 e. The Hall–Kier alpha value is -2.72. The summed E-state index contributed by atoms with van der Waals surface area (Å²) in [4.78, 5) is 15.0. The lowest BCUT2D eigenvalue weighted by molar-refractivity contribution is -0.150. The van der Waals surface area contributed by atoms with Crippen LogP contribution >= 0.6 is 11.6 Å². The number of fused-ring (bicyclic) bond motifs is 1. The monoisotopic (exact) mass is 521 g/mol. The Balaban J connectivity index is 1.58. The number of carbonyl (C=O) groups excluding carboxylic acids is 1. The number of nitrogens with two attached hydrogens (primary N) is 1. The molecule has 36 heavy (non-hydrogen) atoms. The first-order chi connectivity index (χ1) is 17.2. The number of furan rings is 1. The normalized spacial score (nSPS) is 16.3. The van der Waals surface area contributed by atoms with Crippen LogP contribution in [0.4, 0.5) is 8.78 Å². The SMILES string of the molecule is Cc1ccc([C@@H](N)[C@@H](CN2CCCC2)NC(=O)C(F)(F)c2cc3cc(Cl)ccc3o2)cc1OCCO. The molecule has 0 spiro atoms. The van der Waals surface area contributed by atoms with Crippen LogP contribution in [-0.2, 0) is 10.7 Å². The number of alkyl halides is 2. The number of nitrogens with one attached hydrogen (secondary N) is 1. The van der Waals surface area contributed by atoms with E-state index in [2.05, 4.69) is 10.2 Å². The summed E-state index contributed by atoms with van der Waals surface area (Å²) in [6, 6.07) is 9.38. The predicted molar refractivity (Wildman–Crippen MR) is 133 cm³/mol. The van der Waals surface area contributed by atoms with Crippen LogP contribution < -0.4 is 15.8 Å². The van der Waals surface area contributed by atoms with E-state index in [4.69, 9.17) is 31.6 Å². The van der Waals surface area contributed by atoms with E-state index in [1.807, 2.05) is 13.0 Å². The molecule has 1 saturated heterocycles. The number of ether oxygens (including phenoxy) is 1. The zero-order chi connectivity index (χ0) is 25.9. The number of aliphatic hydroxyl groups excluding tert-OH is 1. The third kappa shape index (κ3) is 5.81. The van der Waals surface area contributed by atoms with E-state index in [9.17, 15) is 4.79 Å². The smallest absolute Gasteiger partial charge is 0.380 e.